The zero-order valence-electron chi connectivity index (χ0n) is 15.1. The highest BCUT2D eigenvalue weighted by Crippen LogP contribution is 2.28. The van der Waals surface area contributed by atoms with Crippen LogP contribution >= 0.6 is 0 Å². The van der Waals surface area contributed by atoms with Gasteiger partial charge in [0.05, 0.1) is 16.3 Å². The zero-order valence-corrected chi connectivity index (χ0v) is 15.9. The molecule has 0 radical (unpaired) electrons. The van der Waals surface area contributed by atoms with Gasteiger partial charge in [0.1, 0.15) is 0 Å². The number of benzene rings is 1. The molecule has 8 heteroatoms. The smallest absolute Gasteiger partial charge is 0.243 e. The summed E-state index contributed by atoms with van der Waals surface area (Å²) < 4.78 is 26.8. The Morgan fingerprint density at radius 3 is 2.40 bits per heavy atom. The van der Waals surface area contributed by atoms with Crippen LogP contribution in [0.4, 0.5) is 11.4 Å². The Balaban J connectivity index is 2.29. The first kappa shape index (κ1) is 19.7. The lowest BCUT2D eigenvalue weighted by Crippen LogP contribution is -2.34. The maximum absolute atomic E-state index is 12.7. The topological polar surface area (TPSA) is 90.5 Å². The van der Waals surface area contributed by atoms with Crippen LogP contribution in [0.5, 0.6) is 0 Å². The summed E-state index contributed by atoms with van der Waals surface area (Å²) in [5.74, 6) is -0.107. The van der Waals surface area contributed by atoms with Crippen LogP contribution in [0.15, 0.2) is 23.1 Å². The summed E-state index contributed by atoms with van der Waals surface area (Å²) in [6.45, 7) is 6.08. The second kappa shape index (κ2) is 8.64. The SMILES string of the molecule is CCN(CC)S(=O)(=O)c1ccc(NC)c(NC(=O)C2CCNCC2)c1. The summed E-state index contributed by atoms with van der Waals surface area (Å²) in [6.07, 6.45) is 1.58. The third kappa shape index (κ3) is 4.50. The molecule has 1 amide bonds. The summed E-state index contributed by atoms with van der Waals surface area (Å²) in [5, 5.41) is 9.14. The van der Waals surface area contributed by atoms with Crippen LogP contribution in [0.3, 0.4) is 0 Å². The van der Waals surface area contributed by atoms with Gasteiger partial charge < -0.3 is 16.0 Å². The predicted octanol–water partition coefficient (Wildman–Crippen LogP) is 1.70. The molecule has 7 nitrogen and oxygen atoms in total. The number of hydrogen-bond acceptors (Lipinski definition) is 5. The predicted molar refractivity (Wildman–Crippen MR) is 100 cm³/mol. The van der Waals surface area contributed by atoms with Crippen molar-refractivity contribution in [1.82, 2.24) is 9.62 Å². The van der Waals surface area contributed by atoms with Crippen LogP contribution < -0.4 is 16.0 Å². The van der Waals surface area contributed by atoms with Crippen molar-refractivity contribution >= 4 is 27.3 Å². The van der Waals surface area contributed by atoms with Crippen LogP contribution in [-0.4, -0.2) is 51.9 Å². The minimum absolute atomic E-state index is 0.0472. The van der Waals surface area contributed by atoms with Gasteiger partial charge >= 0.3 is 0 Å². The molecule has 1 saturated heterocycles. The lowest BCUT2D eigenvalue weighted by Gasteiger charge is -2.23. The molecule has 0 bridgehead atoms. The fourth-order valence-electron chi connectivity index (χ4n) is 3.04. The van der Waals surface area contributed by atoms with Crippen molar-refractivity contribution in [2.45, 2.75) is 31.6 Å². The standard InChI is InChI=1S/C17H28N4O3S/c1-4-21(5-2)25(23,24)14-6-7-15(18-3)16(12-14)20-17(22)13-8-10-19-11-9-13/h6-7,12-13,18-19H,4-5,8-11H2,1-3H3,(H,20,22). The van der Waals surface area contributed by atoms with Crippen LogP contribution in [-0.2, 0) is 14.8 Å². The molecule has 1 fully saturated rings. The first-order valence-electron chi connectivity index (χ1n) is 8.77. The van der Waals surface area contributed by atoms with Gasteiger partial charge in [-0.2, -0.15) is 4.31 Å². The van der Waals surface area contributed by atoms with E-state index in [1.807, 2.05) is 13.8 Å². The fraction of sp³-hybridized carbons (Fsp3) is 0.588. The number of hydrogen-bond donors (Lipinski definition) is 3. The molecule has 25 heavy (non-hydrogen) atoms. The first-order chi connectivity index (χ1) is 11.9. The van der Waals surface area contributed by atoms with Crippen LogP contribution in [0.2, 0.25) is 0 Å². The number of amides is 1. The Morgan fingerprint density at radius 1 is 1.20 bits per heavy atom. The van der Waals surface area contributed by atoms with Gasteiger partial charge in [0, 0.05) is 26.1 Å². The molecular formula is C17H28N4O3S. The highest BCUT2D eigenvalue weighted by Gasteiger charge is 2.25. The molecule has 0 saturated carbocycles. The van der Waals surface area contributed by atoms with E-state index in [0.29, 0.717) is 24.5 Å². The Kier molecular flexibility index (Phi) is 6.80. The number of nitrogens with zero attached hydrogens (tertiary/aromatic N) is 1. The van der Waals surface area contributed by atoms with Gasteiger partial charge in [-0.1, -0.05) is 13.8 Å². The number of carbonyl (C=O) groups is 1. The maximum Gasteiger partial charge on any atom is 0.243 e. The molecule has 140 valence electrons. The minimum Gasteiger partial charge on any atom is -0.386 e. The Morgan fingerprint density at radius 2 is 1.84 bits per heavy atom. The second-order valence-corrected chi connectivity index (χ2v) is 8.00. The van der Waals surface area contributed by atoms with Gasteiger partial charge in [-0.3, -0.25) is 4.79 Å². The molecule has 1 heterocycles. The Labute approximate surface area is 150 Å². The van der Waals surface area contributed by atoms with E-state index < -0.39 is 10.0 Å². The van der Waals surface area contributed by atoms with E-state index in [1.54, 1.807) is 25.2 Å². The third-order valence-electron chi connectivity index (χ3n) is 4.57. The zero-order chi connectivity index (χ0) is 18.4. The van der Waals surface area contributed by atoms with Gasteiger partial charge in [-0.05, 0) is 44.1 Å². The molecule has 3 N–H and O–H groups in total. The van der Waals surface area contributed by atoms with Crippen LogP contribution in [0.1, 0.15) is 26.7 Å². The molecule has 1 aromatic carbocycles. The number of carbonyl (C=O) groups excluding carboxylic acids is 1. The van der Waals surface area contributed by atoms with Crippen LogP contribution in [0, 0.1) is 5.92 Å². The molecule has 1 aliphatic heterocycles. The Bertz CT molecular complexity index is 696. The molecule has 0 spiro atoms. The van der Waals surface area contributed by atoms with E-state index in [9.17, 15) is 13.2 Å². The van der Waals surface area contributed by atoms with E-state index in [-0.39, 0.29) is 16.7 Å². The second-order valence-electron chi connectivity index (χ2n) is 6.06. The highest BCUT2D eigenvalue weighted by atomic mass is 32.2. The lowest BCUT2D eigenvalue weighted by atomic mass is 9.97. The number of nitrogens with one attached hydrogen (secondary N) is 3. The summed E-state index contributed by atoms with van der Waals surface area (Å²) in [4.78, 5) is 12.7. The monoisotopic (exact) mass is 368 g/mol. The average Bonchev–Trinajstić information content (AvgIpc) is 2.63. The van der Waals surface area contributed by atoms with E-state index >= 15 is 0 Å². The summed E-state index contributed by atoms with van der Waals surface area (Å²) >= 11 is 0. The van der Waals surface area contributed by atoms with Crippen LogP contribution in [0.25, 0.3) is 0 Å². The van der Waals surface area contributed by atoms with Crippen molar-refractivity contribution in [3.63, 3.8) is 0 Å². The van der Waals surface area contributed by atoms with Gasteiger partial charge in [0.2, 0.25) is 15.9 Å². The molecule has 1 aliphatic rings. The molecule has 1 aromatic rings. The number of rotatable bonds is 7. The van der Waals surface area contributed by atoms with E-state index in [2.05, 4.69) is 16.0 Å². The third-order valence-corrected chi connectivity index (χ3v) is 6.62. The van der Waals surface area contributed by atoms with Gasteiger partial charge in [-0.25, -0.2) is 8.42 Å². The summed E-state index contributed by atoms with van der Waals surface area (Å²) in [5.41, 5.74) is 1.19. The average molecular weight is 369 g/mol. The summed E-state index contributed by atoms with van der Waals surface area (Å²) in [6, 6.07) is 4.80. The van der Waals surface area contributed by atoms with E-state index in [0.717, 1.165) is 25.9 Å². The number of piperidine rings is 1. The molecular weight excluding hydrogens is 340 g/mol. The van der Waals surface area contributed by atoms with Crippen molar-refractivity contribution in [3.05, 3.63) is 18.2 Å². The van der Waals surface area contributed by atoms with Crippen molar-refractivity contribution in [2.24, 2.45) is 5.92 Å². The fourth-order valence-corrected chi connectivity index (χ4v) is 4.52. The highest BCUT2D eigenvalue weighted by molar-refractivity contribution is 7.89. The maximum atomic E-state index is 12.7. The van der Waals surface area contributed by atoms with Crippen molar-refractivity contribution in [3.8, 4) is 0 Å². The van der Waals surface area contributed by atoms with Gasteiger partial charge in [-0.15, -0.1) is 0 Å². The van der Waals surface area contributed by atoms with Gasteiger partial charge in [0.25, 0.3) is 0 Å². The molecule has 0 aromatic heterocycles. The minimum atomic E-state index is -3.57. The number of sulfonamides is 1. The largest absolute Gasteiger partial charge is 0.386 e. The van der Waals surface area contributed by atoms with E-state index in [4.69, 9.17) is 0 Å². The normalized spacial score (nSPS) is 16.0. The first-order valence-corrected chi connectivity index (χ1v) is 10.2. The summed E-state index contributed by atoms with van der Waals surface area (Å²) in [7, 11) is -1.82. The Hall–Kier alpha value is -1.64. The van der Waals surface area contributed by atoms with Crippen molar-refractivity contribution < 1.29 is 13.2 Å². The molecule has 0 unspecified atom stereocenters. The lowest BCUT2D eigenvalue weighted by molar-refractivity contribution is -0.120. The molecule has 0 aliphatic carbocycles. The molecule has 2 rings (SSSR count). The van der Waals surface area contributed by atoms with E-state index in [1.165, 1.54) is 4.31 Å². The van der Waals surface area contributed by atoms with Gasteiger partial charge in [0.15, 0.2) is 0 Å². The van der Waals surface area contributed by atoms with Crippen molar-refractivity contribution in [2.75, 3.05) is 43.9 Å². The quantitative estimate of drug-likeness (QED) is 0.681. The molecule has 0 atom stereocenters. The van der Waals surface area contributed by atoms with Crippen molar-refractivity contribution in [1.29, 1.82) is 0 Å². The number of anilines is 2.